The molecule has 2 atom stereocenters. The van der Waals surface area contributed by atoms with Crippen molar-refractivity contribution in [1.29, 1.82) is 0 Å². The monoisotopic (exact) mass is 191 g/mol. The van der Waals surface area contributed by atoms with Gasteiger partial charge < -0.3 is 0 Å². The molecule has 0 aromatic carbocycles. The highest BCUT2D eigenvalue weighted by Crippen LogP contribution is 2.39. The van der Waals surface area contributed by atoms with Crippen LogP contribution >= 0.6 is 0 Å². The molecule has 4 heteroatoms. The van der Waals surface area contributed by atoms with Gasteiger partial charge in [-0.2, -0.15) is 4.31 Å². The summed E-state index contributed by atoms with van der Waals surface area (Å²) in [7, 11) is 1.84. The van der Waals surface area contributed by atoms with E-state index in [0.29, 0.717) is 6.61 Å². The Labute approximate surface area is 76.9 Å². The highest BCUT2D eigenvalue weighted by Gasteiger charge is 2.48. The molecular formula is C8H17NO2S. The van der Waals surface area contributed by atoms with Crippen LogP contribution in [0, 0.1) is 5.41 Å². The van der Waals surface area contributed by atoms with E-state index in [0.717, 1.165) is 0 Å². The summed E-state index contributed by atoms with van der Waals surface area (Å²) in [6, 6.07) is 0. The maximum absolute atomic E-state index is 11.3. The van der Waals surface area contributed by atoms with Crippen LogP contribution in [-0.2, 0) is 15.4 Å². The molecule has 1 fully saturated rings. The fourth-order valence-corrected chi connectivity index (χ4v) is 2.33. The lowest BCUT2D eigenvalue weighted by Gasteiger charge is -2.40. The molecule has 1 rings (SSSR count). The third-order valence-electron chi connectivity index (χ3n) is 2.98. The molecular weight excluding hydrogens is 174 g/mol. The van der Waals surface area contributed by atoms with Gasteiger partial charge >= 0.3 is 0 Å². The van der Waals surface area contributed by atoms with Gasteiger partial charge in [0.25, 0.3) is 0 Å². The van der Waals surface area contributed by atoms with Crippen LogP contribution in [-0.4, -0.2) is 27.7 Å². The number of hydrogen-bond acceptors (Lipinski definition) is 2. The maximum atomic E-state index is 11.3. The summed E-state index contributed by atoms with van der Waals surface area (Å²) in [5.41, 5.74) is -0.0498. The molecule has 3 nitrogen and oxygen atoms in total. The minimum absolute atomic E-state index is 0.0773. The van der Waals surface area contributed by atoms with Crippen LogP contribution < -0.4 is 0 Å². The zero-order chi connectivity index (χ0) is 9.57. The second kappa shape index (κ2) is 2.79. The molecule has 1 heterocycles. The summed E-state index contributed by atoms with van der Waals surface area (Å²) >= 11 is -1.25. The summed E-state index contributed by atoms with van der Waals surface area (Å²) in [6.45, 7) is 9.03. The van der Waals surface area contributed by atoms with Gasteiger partial charge in [0, 0.05) is 7.05 Å². The minimum atomic E-state index is -1.25. The number of rotatable bonds is 0. The Hall–Kier alpha value is 0.0700. The smallest absolute Gasteiger partial charge is 0.237 e. The first kappa shape index (κ1) is 10.2. The molecule has 0 radical (unpaired) electrons. The Balaban J connectivity index is 2.94. The minimum Gasteiger partial charge on any atom is -0.276 e. The molecule has 12 heavy (non-hydrogen) atoms. The normalized spacial score (nSPS) is 38.9. The summed E-state index contributed by atoms with van der Waals surface area (Å²) < 4.78 is 18.2. The van der Waals surface area contributed by atoms with E-state index >= 15 is 0 Å². The van der Waals surface area contributed by atoms with Crippen LogP contribution in [0.3, 0.4) is 0 Å². The Morgan fingerprint density at radius 2 is 2.00 bits per heavy atom. The largest absolute Gasteiger partial charge is 0.276 e. The summed E-state index contributed by atoms with van der Waals surface area (Å²) in [5.74, 6) is 0. The lowest BCUT2D eigenvalue weighted by molar-refractivity contribution is 0.0866. The van der Waals surface area contributed by atoms with E-state index in [1.807, 2.05) is 7.05 Å². The summed E-state index contributed by atoms with van der Waals surface area (Å²) in [6.07, 6.45) is 0. The van der Waals surface area contributed by atoms with Gasteiger partial charge in [0.05, 0.1) is 12.1 Å². The molecule has 1 aliphatic rings. The van der Waals surface area contributed by atoms with Gasteiger partial charge in [0.1, 0.15) is 0 Å². The van der Waals surface area contributed by atoms with E-state index < -0.39 is 11.3 Å². The second-order valence-electron chi connectivity index (χ2n) is 4.50. The molecule has 2 unspecified atom stereocenters. The predicted molar refractivity (Wildman–Crippen MR) is 49.7 cm³/mol. The predicted octanol–water partition coefficient (Wildman–Crippen LogP) is 1.33. The van der Waals surface area contributed by atoms with E-state index in [1.165, 1.54) is 0 Å². The molecule has 0 spiro atoms. The number of likely N-dealkylation sites (N-methyl/N-ethyl adjacent to an activating group) is 1. The van der Waals surface area contributed by atoms with Gasteiger partial charge in [0.15, 0.2) is 0 Å². The van der Waals surface area contributed by atoms with Crippen LogP contribution in [0.4, 0.5) is 0 Å². The third-order valence-corrected chi connectivity index (χ3v) is 4.14. The molecule has 0 bridgehead atoms. The highest BCUT2D eigenvalue weighted by atomic mass is 32.2. The van der Waals surface area contributed by atoms with Crippen molar-refractivity contribution in [2.75, 3.05) is 13.7 Å². The molecule has 0 aliphatic carbocycles. The zero-order valence-corrected chi connectivity index (χ0v) is 9.20. The van der Waals surface area contributed by atoms with Crippen LogP contribution in [0.2, 0.25) is 0 Å². The average molecular weight is 191 g/mol. The van der Waals surface area contributed by atoms with Crippen LogP contribution in [0.5, 0.6) is 0 Å². The maximum Gasteiger partial charge on any atom is 0.237 e. The van der Waals surface area contributed by atoms with Gasteiger partial charge in [0.2, 0.25) is 11.3 Å². The van der Waals surface area contributed by atoms with E-state index in [-0.39, 0.29) is 11.0 Å². The quantitative estimate of drug-likeness (QED) is 0.578. The van der Waals surface area contributed by atoms with Crippen LogP contribution in [0.1, 0.15) is 27.7 Å². The highest BCUT2D eigenvalue weighted by molar-refractivity contribution is 7.78. The fourth-order valence-electron chi connectivity index (χ4n) is 1.19. The molecule has 72 valence electrons. The molecule has 1 aliphatic heterocycles. The van der Waals surface area contributed by atoms with Gasteiger partial charge in [-0.05, 0) is 12.3 Å². The van der Waals surface area contributed by atoms with E-state index in [4.69, 9.17) is 4.18 Å². The fraction of sp³-hybridized carbons (Fsp3) is 1.00. The van der Waals surface area contributed by atoms with Crippen molar-refractivity contribution in [1.82, 2.24) is 4.31 Å². The Morgan fingerprint density at radius 3 is 2.17 bits per heavy atom. The molecule has 0 N–H and O–H groups in total. The first-order chi connectivity index (χ1) is 5.29. The van der Waals surface area contributed by atoms with E-state index in [9.17, 15) is 4.21 Å². The van der Waals surface area contributed by atoms with E-state index in [2.05, 4.69) is 27.7 Å². The molecule has 0 aromatic rings. The van der Waals surface area contributed by atoms with Crippen molar-refractivity contribution in [3.8, 4) is 0 Å². The number of hydrogen-bond donors (Lipinski definition) is 0. The third kappa shape index (κ3) is 1.32. The average Bonchev–Trinajstić information content (AvgIpc) is 2.16. The van der Waals surface area contributed by atoms with Gasteiger partial charge in [-0.25, -0.2) is 4.21 Å². The van der Waals surface area contributed by atoms with Gasteiger partial charge in [-0.15, -0.1) is 0 Å². The first-order valence-corrected chi connectivity index (χ1v) is 5.11. The van der Waals surface area contributed by atoms with Crippen LogP contribution in [0.25, 0.3) is 0 Å². The van der Waals surface area contributed by atoms with Crippen molar-refractivity contribution in [3.05, 3.63) is 0 Å². The van der Waals surface area contributed by atoms with Crippen molar-refractivity contribution in [2.45, 2.75) is 33.2 Å². The molecule has 0 saturated carbocycles. The van der Waals surface area contributed by atoms with Crippen molar-refractivity contribution < 1.29 is 8.39 Å². The lowest BCUT2D eigenvalue weighted by atomic mass is 9.75. The molecule has 1 saturated heterocycles. The second-order valence-corrected chi connectivity index (χ2v) is 5.72. The molecule has 0 amide bonds. The standard InChI is InChI=1S/C8H17NO2S/c1-7(2,3)8(4)6-11-12(10)9(8)5/h6H2,1-5H3. The van der Waals surface area contributed by atoms with Crippen molar-refractivity contribution in [2.24, 2.45) is 5.41 Å². The van der Waals surface area contributed by atoms with Crippen molar-refractivity contribution >= 4 is 11.3 Å². The van der Waals surface area contributed by atoms with E-state index in [1.54, 1.807) is 4.31 Å². The SMILES string of the molecule is CN1S(=O)OCC1(C)C(C)(C)C. The van der Waals surface area contributed by atoms with Crippen molar-refractivity contribution in [3.63, 3.8) is 0 Å². The Kier molecular flexibility index (Phi) is 2.36. The summed E-state index contributed by atoms with van der Waals surface area (Å²) in [4.78, 5) is 0. The lowest BCUT2D eigenvalue weighted by Crippen LogP contribution is -2.51. The van der Waals surface area contributed by atoms with Gasteiger partial charge in [-0.1, -0.05) is 20.8 Å². The van der Waals surface area contributed by atoms with Gasteiger partial charge in [-0.3, -0.25) is 4.18 Å². The first-order valence-electron chi connectivity index (χ1n) is 4.08. The van der Waals surface area contributed by atoms with Crippen LogP contribution in [0.15, 0.2) is 0 Å². The Bertz CT molecular complexity index is 212. The summed E-state index contributed by atoms with van der Waals surface area (Å²) in [5, 5.41) is 0. The topological polar surface area (TPSA) is 29.5 Å². The Morgan fingerprint density at radius 1 is 1.50 bits per heavy atom. The zero-order valence-electron chi connectivity index (χ0n) is 8.38. The molecule has 0 aromatic heterocycles. The number of nitrogens with zero attached hydrogens (tertiary/aromatic N) is 1.